The van der Waals surface area contributed by atoms with E-state index in [4.69, 9.17) is 9.84 Å². The van der Waals surface area contributed by atoms with Gasteiger partial charge in [0.05, 0.1) is 12.0 Å². The number of nitrogens with zero attached hydrogens (tertiary/aromatic N) is 1. The molecule has 6 nitrogen and oxygen atoms in total. The number of anilines is 1. The van der Waals surface area contributed by atoms with Crippen LogP contribution in [0.3, 0.4) is 0 Å². The van der Waals surface area contributed by atoms with E-state index >= 15 is 0 Å². The van der Waals surface area contributed by atoms with Crippen LogP contribution < -0.4 is 9.46 Å². The summed E-state index contributed by atoms with van der Waals surface area (Å²) in [6.45, 7) is 1.70. The van der Waals surface area contributed by atoms with Crippen molar-refractivity contribution < 1.29 is 18.3 Å². The Morgan fingerprint density at radius 2 is 2.19 bits per heavy atom. The lowest BCUT2D eigenvalue weighted by Gasteiger charge is -2.11. The minimum atomic E-state index is -3.75. The molecule has 2 aromatic rings. The zero-order valence-electron chi connectivity index (χ0n) is 11.7. The third kappa shape index (κ3) is 3.72. The summed E-state index contributed by atoms with van der Waals surface area (Å²) in [4.78, 5) is 5.02. The average molecular weight is 328 g/mol. The van der Waals surface area contributed by atoms with E-state index < -0.39 is 10.0 Å². The van der Waals surface area contributed by atoms with Crippen LogP contribution in [0, 0.1) is 6.92 Å². The fourth-order valence-corrected chi connectivity index (χ4v) is 3.99. The summed E-state index contributed by atoms with van der Waals surface area (Å²) in [5, 5.41) is 9.42. The molecule has 0 aliphatic heterocycles. The van der Waals surface area contributed by atoms with Crippen molar-refractivity contribution in [3.05, 3.63) is 34.8 Å². The number of aliphatic hydroxyl groups excluding tert-OH is 1. The minimum absolute atomic E-state index is 0.116. The van der Waals surface area contributed by atoms with E-state index in [2.05, 4.69) is 9.71 Å². The summed E-state index contributed by atoms with van der Waals surface area (Å²) in [6.07, 6.45) is 1.83. The van der Waals surface area contributed by atoms with Crippen LogP contribution in [0.2, 0.25) is 0 Å². The number of benzene rings is 1. The lowest BCUT2D eigenvalue weighted by atomic mass is 10.1. The van der Waals surface area contributed by atoms with Gasteiger partial charge >= 0.3 is 0 Å². The summed E-state index contributed by atoms with van der Waals surface area (Å²) in [5.74, 6) is 0.544. The van der Waals surface area contributed by atoms with Gasteiger partial charge in [-0.25, -0.2) is 13.4 Å². The normalized spacial score (nSPS) is 11.4. The maximum absolute atomic E-state index is 12.4. The number of nitrogens with one attached hydrogen (secondary N) is 1. The molecule has 1 aromatic carbocycles. The number of aromatic nitrogens is 1. The molecule has 0 fully saturated rings. The lowest BCUT2D eigenvalue weighted by Crippen LogP contribution is -2.15. The Morgan fingerprint density at radius 1 is 1.43 bits per heavy atom. The topological polar surface area (TPSA) is 88.5 Å². The summed E-state index contributed by atoms with van der Waals surface area (Å²) in [5.41, 5.74) is 0.498. The number of hydrogen-bond acceptors (Lipinski definition) is 6. The van der Waals surface area contributed by atoms with Crippen LogP contribution in [-0.2, 0) is 16.4 Å². The van der Waals surface area contributed by atoms with Crippen molar-refractivity contribution in [3.8, 4) is 5.75 Å². The highest BCUT2D eigenvalue weighted by molar-refractivity contribution is 7.93. The summed E-state index contributed by atoms with van der Waals surface area (Å²) in [7, 11) is -2.24. The number of sulfonamides is 1. The molecule has 2 N–H and O–H groups in total. The predicted octanol–water partition coefficient (Wildman–Crippen LogP) is 1.80. The highest BCUT2D eigenvalue weighted by Gasteiger charge is 2.20. The Labute approximate surface area is 127 Å². The maximum atomic E-state index is 12.4. The Balaban J connectivity index is 2.38. The van der Waals surface area contributed by atoms with Crippen molar-refractivity contribution in [3.63, 3.8) is 0 Å². The summed E-state index contributed by atoms with van der Waals surface area (Å²) >= 11 is 1.26. The van der Waals surface area contributed by atoms with Crippen molar-refractivity contribution >= 4 is 26.5 Å². The van der Waals surface area contributed by atoms with Gasteiger partial charge in [0.25, 0.3) is 10.0 Å². The van der Waals surface area contributed by atoms with Gasteiger partial charge in [0.1, 0.15) is 5.75 Å². The van der Waals surface area contributed by atoms with Gasteiger partial charge < -0.3 is 9.84 Å². The first-order chi connectivity index (χ1) is 9.96. The zero-order valence-corrected chi connectivity index (χ0v) is 13.3. The molecule has 0 amide bonds. The number of hydrogen-bond donors (Lipinski definition) is 2. The Hall–Kier alpha value is -1.64. The van der Waals surface area contributed by atoms with Crippen molar-refractivity contribution in [2.24, 2.45) is 0 Å². The van der Waals surface area contributed by atoms with E-state index in [1.54, 1.807) is 18.3 Å². The fraction of sp³-hybridized carbons (Fsp3) is 0.308. The van der Waals surface area contributed by atoms with Crippen LogP contribution in [0.4, 0.5) is 5.13 Å². The monoisotopic (exact) mass is 328 g/mol. The van der Waals surface area contributed by atoms with E-state index in [9.17, 15) is 8.42 Å². The Bertz CT molecular complexity index is 726. The van der Waals surface area contributed by atoms with E-state index in [-0.39, 0.29) is 17.9 Å². The number of rotatable bonds is 6. The van der Waals surface area contributed by atoms with Gasteiger partial charge in [0.15, 0.2) is 5.13 Å². The molecule has 0 bridgehead atoms. The summed E-state index contributed by atoms with van der Waals surface area (Å²) < 4.78 is 32.4. The van der Waals surface area contributed by atoms with E-state index in [1.165, 1.54) is 24.5 Å². The molecule has 114 valence electrons. The number of ether oxygens (including phenoxy) is 1. The second kappa shape index (κ2) is 6.42. The first kappa shape index (κ1) is 15.7. The summed E-state index contributed by atoms with van der Waals surface area (Å²) in [6, 6.07) is 4.65. The van der Waals surface area contributed by atoms with Gasteiger partial charge in [-0.15, -0.1) is 11.3 Å². The minimum Gasteiger partial charge on any atom is -0.497 e. The van der Waals surface area contributed by atoms with E-state index in [0.717, 1.165) is 4.88 Å². The molecule has 21 heavy (non-hydrogen) atoms. The molecule has 0 aliphatic rings. The molecule has 0 atom stereocenters. The quantitative estimate of drug-likeness (QED) is 0.844. The third-order valence-corrected chi connectivity index (χ3v) is 5.18. The SMILES string of the molecule is COc1ccc(S(=O)(=O)Nc2ncc(C)s2)c(CCO)c1. The standard InChI is InChI=1S/C13H16N2O4S2/c1-9-8-14-13(20-9)15-21(17,18)12-4-3-11(19-2)7-10(12)5-6-16/h3-4,7-8,16H,5-6H2,1-2H3,(H,14,15). The number of thiazole rings is 1. The molecule has 0 radical (unpaired) electrons. The number of methoxy groups -OCH3 is 1. The van der Waals surface area contributed by atoms with Crippen molar-refractivity contribution in [1.82, 2.24) is 4.98 Å². The number of aliphatic hydroxyl groups is 1. The highest BCUT2D eigenvalue weighted by Crippen LogP contribution is 2.26. The largest absolute Gasteiger partial charge is 0.497 e. The smallest absolute Gasteiger partial charge is 0.263 e. The molecule has 2 rings (SSSR count). The molecule has 0 spiro atoms. The first-order valence-corrected chi connectivity index (χ1v) is 8.49. The molecule has 1 heterocycles. The van der Waals surface area contributed by atoms with Gasteiger partial charge in [-0.05, 0) is 37.1 Å². The third-order valence-electron chi connectivity index (χ3n) is 2.78. The second-order valence-corrected chi connectivity index (χ2v) is 7.21. The van der Waals surface area contributed by atoms with Crippen molar-refractivity contribution in [1.29, 1.82) is 0 Å². The molecular formula is C13H16N2O4S2. The van der Waals surface area contributed by atoms with Crippen molar-refractivity contribution in [2.45, 2.75) is 18.2 Å². The van der Waals surface area contributed by atoms with Gasteiger partial charge in [0, 0.05) is 17.7 Å². The van der Waals surface area contributed by atoms with Crippen LogP contribution in [-0.4, -0.2) is 32.2 Å². The van der Waals surface area contributed by atoms with Crippen molar-refractivity contribution in [2.75, 3.05) is 18.4 Å². The molecule has 0 unspecified atom stereocenters. The van der Waals surface area contributed by atoms with Gasteiger partial charge in [-0.2, -0.15) is 0 Å². The van der Waals surface area contributed by atoms with Crippen LogP contribution in [0.15, 0.2) is 29.3 Å². The molecule has 0 aliphatic carbocycles. The van der Waals surface area contributed by atoms with Crippen LogP contribution in [0.1, 0.15) is 10.4 Å². The second-order valence-electron chi connectivity index (χ2n) is 4.33. The van der Waals surface area contributed by atoms with Crippen LogP contribution >= 0.6 is 11.3 Å². The average Bonchev–Trinajstić information content (AvgIpc) is 2.83. The molecule has 0 saturated carbocycles. The zero-order chi connectivity index (χ0) is 15.5. The van der Waals surface area contributed by atoms with E-state index in [0.29, 0.717) is 16.4 Å². The Morgan fingerprint density at radius 3 is 2.76 bits per heavy atom. The maximum Gasteiger partial charge on any atom is 0.263 e. The van der Waals surface area contributed by atoms with Crippen LogP contribution in [0.25, 0.3) is 0 Å². The Kier molecular flexibility index (Phi) is 4.81. The first-order valence-electron chi connectivity index (χ1n) is 6.19. The lowest BCUT2D eigenvalue weighted by molar-refractivity contribution is 0.298. The van der Waals surface area contributed by atoms with Crippen LogP contribution in [0.5, 0.6) is 5.75 Å². The number of aryl methyl sites for hydroxylation is 1. The molecule has 0 saturated heterocycles. The fourth-order valence-electron chi connectivity index (χ4n) is 1.83. The van der Waals surface area contributed by atoms with Gasteiger partial charge in [-0.1, -0.05) is 0 Å². The molecule has 8 heteroatoms. The predicted molar refractivity (Wildman–Crippen MR) is 81.4 cm³/mol. The molecule has 1 aromatic heterocycles. The van der Waals surface area contributed by atoms with Gasteiger partial charge in [0.2, 0.25) is 0 Å². The van der Waals surface area contributed by atoms with E-state index in [1.807, 2.05) is 6.92 Å². The molecular weight excluding hydrogens is 312 g/mol. The highest BCUT2D eigenvalue weighted by atomic mass is 32.2. The van der Waals surface area contributed by atoms with Gasteiger partial charge in [-0.3, -0.25) is 4.72 Å².